The number of benzene rings is 1. The maximum absolute atomic E-state index is 13.8. The van der Waals surface area contributed by atoms with Gasteiger partial charge < -0.3 is 14.5 Å². The summed E-state index contributed by atoms with van der Waals surface area (Å²) in [6, 6.07) is 11.1. The van der Waals surface area contributed by atoms with Gasteiger partial charge in [0.05, 0.1) is 18.8 Å². The number of hydrogen-bond donors (Lipinski definition) is 0. The molecule has 0 aliphatic carbocycles. The SMILES string of the molecule is CCOc1cc(CN2CCc3c(cc(CCN(C)CC)cc3-c3ccc(F)nc3C)C2=O)ncc1C#N. The molecule has 3 aromatic rings. The summed E-state index contributed by atoms with van der Waals surface area (Å²) in [5.74, 6) is -0.103. The molecule has 4 rings (SSSR count). The van der Waals surface area contributed by atoms with Crippen LogP contribution in [0.5, 0.6) is 5.75 Å². The Labute approximate surface area is 217 Å². The third-order valence-electron chi connectivity index (χ3n) is 6.82. The molecule has 7 nitrogen and oxygen atoms in total. The standard InChI is InChI=1S/C29H32FN5O2/c1-5-34(4)11-9-20-13-25(23-7-8-28(30)33-19(23)3)24-10-12-35(29(36)26(24)14-20)18-22-15-27(37-6-2)21(16-31)17-32-22/h7-8,13-15,17H,5-6,9-12,18H2,1-4H3. The van der Waals surface area contributed by atoms with Crippen LogP contribution in [-0.2, 0) is 19.4 Å². The molecule has 2 aromatic heterocycles. The van der Waals surface area contributed by atoms with E-state index < -0.39 is 5.95 Å². The van der Waals surface area contributed by atoms with Crippen molar-refractivity contribution in [3.05, 3.63) is 76.1 Å². The number of carbonyl (C=O) groups excluding carboxylic acids is 1. The number of pyridine rings is 2. The van der Waals surface area contributed by atoms with E-state index in [1.165, 1.54) is 12.3 Å². The van der Waals surface area contributed by atoms with Gasteiger partial charge in [0.15, 0.2) is 0 Å². The maximum atomic E-state index is 13.8. The summed E-state index contributed by atoms with van der Waals surface area (Å²) in [6.45, 7) is 8.85. The Balaban J connectivity index is 1.70. The summed E-state index contributed by atoms with van der Waals surface area (Å²) in [6.07, 6.45) is 2.95. The summed E-state index contributed by atoms with van der Waals surface area (Å²) in [4.78, 5) is 26.2. The molecule has 1 aromatic carbocycles. The van der Waals surface area contributed by atoms with Crippen LogP contribution in [0.1, 0.15) is 52.3 Å². The van der Waals surface area contributed by atoms with E-state index >= 15 is 0 Å². The molecule has 3 heterocycles. The first-order chi connectivity index (χ1) is 17.8. The lowest BCUT2D eigenvalue weighted by Gasteiger charge is -2.31. The van der Waals surface area contributed by atoms with Gasteiger partial charge in [0.25, 0.3) is 5.91 Å². The van der Waals surface area contributed by atoms with E-state index in [0.29, 0.717) is 54.4 Å². The zero-order valence-corrected chi connectivity index (χ0v) is 21.8. The number of likely N-dealkylation sites (N-methyl/N-ethyl adjacent to an activating group) is 1. The third kappa shape index (κ3) is 5.78. The second-order valence-electron chi connectivity index (χ2n) is 9.28. The second kappa shape index (κ2) is 11.5. The Morgan fingerprint density at radius 2 is 1.97 bits per heavy atom. The Bertz CT molecular complexity index is 1350. The molecule has 0 N–H and O–H groups in total. The topological polar surface area (TPSA) is 82.3 Å². The number of nitriles is 1. The monoisotopic (exact) mass is 501 g/mol. The van der Waals surface area contributed by atoms with Crippen molar-refractivity contribution in [2.75, 3.05) is 33.3 Å². The number of ether oxygens (including phenoxy) is 1. The predicted octanol–water partition coefficient (Wildman–Crippen LogP) is 4.55. The first kappa shape index (κ1) is 26.2. The van der Waals surface area contributed by atoms with Crippen molar-refractivity contribution in [2.24, 2.45) is 0 Å². The van der Waals surface area contributed by atoms with Crippen LogP contribution >= 0.6 is 0 Å². The average molecular weight is 502 g/mol. The van der Waals surface area contributed by atoms with Gasteiger partial charge in [-0.1, -0.05) is 13.0 Å². The fourth-order valence-electron chi connectivity index (χ4n) is 4.66. The van der Waals surface area contributed by atoms with Gasteiger partial charge in [0, 0.05) is 42.2 Å². The lowest BCUT2D eigenvalue weighted by Crippen LogP contribution is -2.37. The zero-order chi connectivity index (χ0) is 26.5. The van der Waals surface area contributed by atoms with Gasteiger partial charge in [-0.2, -0.15) is 9.65 Å². The van der Waals surface area contributed by atoms with Crippen LogP contribution in [0.2, 0.25) is 0 Å². The van der Waals surface area contributed by atoms with Gasteiger partial charge in [0.2, 0.25) is 5.95 Å². The van der Waals surface area contributed by atoms with Crippen molar-refractivity contribution in [1.82, 2.24) is 19.8 Å². The van der Waals surface area contributed by atoms with Gasteiger partial charge >= 0.3 is 0 Å². The molecule has 0 radical (unpaired) electrons. The molecule has 1 aliphatic rings. The number of fused-ring (bicyclic) bond motifs is 1. The Kier molecular flexibility index (Phi) is 8.14. The highest BCUT2D eigenvalue weighted by Crippen LogP contribution is 2.34. The molecule has 192 valence electrons. The van der Waals surface area contributed by atoms with Crippen LogP contribution < -0.4 is 4.74 Å². The van der Waals surface area contributed by atoms with E-state index in [-0.39, 0.29) is 5.91 Å². The predicted molar refractivity (Wildman–Crippen MR) is 140 cm³/mol. The molecule has 0 bridgehead atoms. The molecular formula is C29H32FN5O2. The van der Waals surface area contributed by atoms with Gasteiger partial charge in [0.1, 0.15) is 17.4 Å². The van der Waals surface area contributed by atoms with Crippen molar-refractivity contribution in [3.63, 3.8) is 0 Å². The van der Waals surface area contributed by atoms with Crippen molar-refractivity contribution >= 4 is 5.91 Å². The Morgan fingerprint density at radius 1 is 1.19 bits per heavy atom. The van der Waals surface area contributed by atoms with Crippen LogP contribution in [-0.4, -0.2) is 59.0 Å². The number of aryl methyl sites for hydroxylation is 1. The lowest BCUT2D eigenvalue weighted by atomic mass is 9.87. The highest BCUT2D eigenvalue weighted by Gasteiger charge is 2.28. The summed E-state index contributed by atoms with van der Waals surface area (Å²) in [5.41, 5.74) is 6.12. The molecular weight excluding hydrogens is 469 g/mol. The molecule has 1 amide bonds. The van der Waals surface area contributed by atoms with E-state index in [9.17, 15) is 14.4 Å². The molecule has 0 spiro atoms. The molecule has 0 saturated carbocycles. The molecule has 37 heavy (non-hydrogen) atoms. The number of carbonyl (C=O) groups is 1. The number of rotatable bonds is 9. The quantitative estimate of drug-likeness (QED) is 0.400. The Hall–Kier alpha value is -3.83. The summed E-state index contributed by atoms with van der Waals surface area (Å²) < 4.78 is 19.4. The fourth-order valence-corrected chi connectivity index (χ4v) is 4.66. The van der Waals surface area contributed by atoms with Gasteiger partial charge in [-0.3, -0.25) is 9.78 Å². The highest BCUT2D eigenvalue weighted by molar-refractivity contribution is 5.99. The van der Waals surface area contributed by atoms with E-state index in [1.807, 2.05) is 13.0 Å². The van der Waals surface area contributed by atoms with E-state index in [0.717, 1.165) is 41.8 Å². The van der Waals surface area contributed by atoms with Gasteiger partial charge in [-0.15, -0.1) is 0 Å². The molecule has 0 atom stereocenters. The zero-order valence-electron chi connectivity index (χ0n) is 21.8. The highest BCUT2D eigenvalue weighted by atomic mass is 19.1. The van der Waals surface area contributed by atoms with Crippen molar-refractivity contribution in [1.29, 1.82) is 5.26 Å². The van der Waals surface area contributed by atoms with Crippen molar-refractivity contribution < 1.29 is 13.9 Å². The average Bonchev–Trinajstić information content (AvgIpc) is 2.89. The van der Waals surface area contributed by atoms with Gasteiger partial charge in [-0.05, 0) is 75.2 Å². The number of amides is 1. The minimum absolute atomic E-state index is 0.0648. The molecule has 1 aliphatic heterocycles. The lowest BCUT2D eigenvalue weighted by molar-refractivity contribution is 0.0724. The number of hydrogen-bond acceptors (Lipinski definition) is 6. The van der Waals surface area contributed by atoms with Crippen molar-refractivity contribution in [3.8, 4) is 22.9 Å². The number of aromatic nitrogens is 2. The summed E-state index contributed by atoms with van der Waals surface area (Å²) in [5, 5.41) is 9.32. The molecule has 0 unspecified atom stereocenters. The second-order valence-corrected chi connectivity index (χ2v) is 9.28. The fraction of sp³-hybridized carbons (Fsp3) is 0.379. The smallest absolute Gasteiger partial charge is 0.254 e. The minimum Gasteiger partial charge on any atom is -0.492 e. The van der Waals surface area contributed by atoms with Crippen molar-refractivity contribution in [2.45, 2.75) is 40.2 Å². The van der Waals surface area contributed by atoms with E-state index in [1.54, 1.807) is 24.0 Å². The van der Waals surface area contributed by atoms with Crippen LogP contribution in [0.3, 0.4) is 0 Å². The first-order valence-corrected chi connectivity index (χ1v) is 12.6. The van der Waals surface area contributed by atoms with E-state index in [4.69, 9.17) is 4.74 Å². The van der Waals surface area contributed by atoms with Crippen LogP contribution in [0.25, 0.3) is 11.1 Å². The first-order valence-electron chi connectivity index (χ1n) is 12.6. The van der Waals surface area contributed by atoms with Gasteiger partial charge in [-0.25, -0.2) is 4.98 Å². The van der Waals surface area contributed by atoms with Crippen LogP contribution in [0.4, 0.5) is 4.39 Å². The maximum Gasteiger partial charge on any atom is 0.254 e. The molecule has 0 fully saturated rings. The normalized spacial score (nSPS) is 13.0. The molecule has 8 heteroatoms. The summed E-state index contributed by atoms with van der Waals surface area (Å²) >= 11 is 0. The van der Waals surface area contributed by atoms with Crippen LogP contribution in [0.15, 0.2) is 36.5 Å². The largest absolute Gasteiger partial charge is 0.492 e. The van der Waals surface area contributed by atoms with Crippen LogP contribution in [0, 0.1) is 24.2 Å². The third-order valence-corrected chi connectivity index (χ3v) is 6.82. The molecule has 0 saturated heterocycles. The Morgan fingerprint density at radius 3 is 2.68 bits per heavy atom. The minimum atomic E-state index is -0.514. The van der Waals surface area contributed by atoms with E-state index in [2.05, 4.69) is 41.0 Å². The summed E-state index contributed by atoms with van der Waals surface area (Å²) in [7, 11) is 2.07. The number of halogens is 1. The number of nitrogens with zero attached hydrogens (tertiary/aromatic N) is 5.